The molecule has 2 aliphatic rings. The summed E-state index contributed by atoms with van der Waals surface area (Å²) < 4.78 is 12.3. The normalized spacial score (nSPS) is 26.8. The van der Waals surface area contributed by atoms with Crippen molar-refractivity contribution in [2.75, 3.05) is 18.1 Å². The molecule has 35 heavy (non-hydrogen) atoms. The number of ether oxygens (including phenoxy) is 2. The van der Waals surface area contributed by atoms with Gasteiger partial charge in [-0.2, -0.15) is 11.8 Å². The summed E-state index contributed by atoms with van der Waals surface area (Å²) >= 11 is 3.53. The molecule has 1 aliphatic carbocycles. The van der Waals surface area contributed by atoms with E-state index in [-0.39, 0.29) is 47.1 Å². The molecule has 1 aromatic carbocycles. The lowest BCUT2D eigenvalue weighted by Gasteiger charge is -2.22. The smallest absolute Gasteiger partial charge is 0.303 e. The van der Waals surface area contributed by atoms with E-state index in [2.05, 4.69) is 6.92 Å². The van der Waals surface area contributed by atoms with Gasteiger partial charge in [-0.05, 0) is 57.1 Å². The van der Waals surface area contributed by atoms with Crippen LogP contribution in [0.25, 0.3) is 0 Å². The van der Waals surface area contributed by atoms with Crippen molar-refractivity contribution in [2.24, 2.45) is 5.92 Å². The van der Waals surface area contributed by atoms with Crippen LogP contribution >= 0.6 is 23.5 Å². The largest absolute Gasteiger partial charge is 0.507 e. The summed E-state index contributed by atoms with van der Waals surface area (Å²) in [6.45, 7) is 5.64. The fourth-order valence-electron chi connectivity index (χ4n) is 5.01. The average molecular weight is 527 g/mol. The SMILES string of the molecule is CCCc1c(OCC(O)CSCC2SC3(CCC(CC(=O)O)C3)OC2CC)ccc(C(C)=O)c1O. The van der Waals surface area contributed by atoms with E-state index in [1.54, 1.807) is 23.9 Å². The van der Waals surface area contributed by atoms with E-state index in [0.717, 1.165) is 37.9 Å². The molecule has 5 atom stereocenters. The standard InChI is InChI=1S/C26H38O7S2/c1-4-6-20-22(8-7-19(16(3)27)25(20)31)32-13-18(28)14-34-15-23-21(5-2)33-26(35-23)10-9-17(12-26)11-24(29)30/h7-8,17-18,21,23,28,31H,4-6,9-15H2,1-3H3,(H,29,30). The Morgan fingerprint density at radius 1 is 1.34 bits per heavy atom. The zero-order valence-corrected chi connectivity index (χ0v) is 22.5. The maximum Gasteiger partial charge on any atom is 0.303 e. The molecule has 5 unspecified atom stereocenters. The van der Waals surface area contributed by atoms with E-state index < -0.39 is 12.1 Å². The van der Waals surface area contributed by atoms with E-state index in [9.17, 15) is 19.8 Å². The van der Waals surface area contributed by atoms with Crippen molar-refractivity contribution in [3.05, 3.63) is 23.3 Å². The van der Waals surface area contributed by atoms with Crippen LogP contribution in [-0.4, -0.2) is 67.6 Å². The number of benzene rings is 1. The van der Waals surface area contributed by atoms with Gasteiger partial charge in [-0.3, -0.25) is 9.59 Å². The quantitative estimate of drug-likeness (QED) is 0.309. The van der Waals surface area contributed by atoms with Crippen molar-refractivity contribution in [1.29, 1.82) is 0 Å². The Hall–Kier alpha value is -1.42. The summed E-state index contributed by atoms with van der Waals surface area (Å²) in [5.74, 6) is 1.09. The van der Waals surface area contributed by atoms with Crippen LogP contribution < -0.4 is 4.74 Å². The number of aromatic hydroxyl groups is 1. The Balaban J connectivity index is 1.48. The number of carboxylic acid groups (broad SMARTS) is 1. The lowest BCUT2D eigenvalue weighted by Crippen LogP contribution is -2.25. The Morgan fingerprint density at radius 2 is 2.11 bits per heavy atom. The summed E-state index contributed by atoms with van der Waals surface area (Å²) in [5, 5.41) is 30.4. The molecule has 1 saturated heterocycles. The lowest BCUT2D eigenvalue weighted by molar-refractivity contribution is -0.138. The zero-order chi connectivity index (χ0) is 25.6. The average Bonchev–Trinajstić information content (AvgIpc) is 3.35. The number of Topliss-reactive ketones (excluding diaryl/α,β-unsaturated/α-hetero) is 1. The Labute approximate surface area is 216 Å². The summed E-state index contributed by atoms with van der Waals surface area (Å²) in [5.41, 5.74) is 0.890. The van der Waals surface area contributed by atoms with E-state index in [1.807, 2.05) is 18.7 Å². The first kappa shape index (κ1) is 28.2. The lowest BCUT2D eigenvalue weighted by atomic mass is 10.0. The molecule has 0 radical (unpaired) electrons. The molecule has 1 saturated carbocycles. The maximum absolute atomic E-state index is 11.7. The maximum atomic E-state index is 11.7. The number of aliphatic hydroxyl groups excluding tert-OH is 1. The molecule has 1 aromatic rings. The van der Waals surface area contributed by atoms with Crippen molar-refractivity contribution < 1.29 is 34.4 Å². The summed E-state index contributed by atoms with van der Waals surface area (Å²) in [7, 11) is 0. The highest BCUT2D eigenvalue weighted by atomic mass is 32.2. The van der Waals surface area contributed by atoms with E-state index >= 15 is 0 Å². The van der Waals surface area contributed by atoms with Gasteiger partial charge in [-0.1, -0.05) is 20.3 Å². The van der Waals surface area contributed by atoms with Gasteiger partial charge in [-0.15, -0.1) is 11.8 Å². The van der Waals surface area contributed by atoms with Crippen LogP contribution in [0.1, 0.15) is 75.2 Å². The number of aliphatic hydroxyl groups is 1. The van der Waals surface area contributed by atoms with Crippen molar-refractivity contribution in [1.82, 2.24) is 0 Å². The van der Waals surface area contributed by atoms with Crippen LogP contribution in [0.15, 0.2) is 12.1 Å². The predicted molar refractivity (Wildman–Crippen MR) is 140 cm³/mol. The molecule has 0 bridgehead atoms. The molecule has 3 rings (SSSR count). The van der Waals surface area contributed by atoms with E-state index in [0.29, 0.717) is 28.7 Å². The number of carbonyl (C=O) groups excluding carboxylic acids is 1. The third kappa shape index (κ3) is 7.31. The number of thioether (sulfide) groups is 2. The Kier molecular flexibility index (Phi) is 10.2. The number of hydrogen-bond acceptors (Lipinski definition) is 8. The molecule has 7 nitrogen and oxygen atoms in total. The molecular weight excluding hydrogens is 488 g/mol. The third-order valence-electron chi connectivity index (χ3n) is 6.69. The molecule has 3 N–H and O–H groups in total. The van der Waals surface area contributed by atoms with Gasteiger partial charge in [0.25, 0.3) is 0 Å². The monoisotopic (exact) mass is 526 g/mol. The third-order valence-corrected chi connectivity index (χ3v) is 9.78. The molecule has 0 amide bonds. The van der Waals surface area contributed by atoms with Gasteiger partial charge in [-0.25, -0.2) is 0 Å². The minimum Gasteiger partial charge on any atom is -0.507 e. The van der Waals surface area contributed by atoms with Crippen molar-refractivity contribution in [2.45, 2.75) is 88.1 Å². The second-order valence-electron chi connectivity index (χ2n) is 9.59. The Morgan fingerprint density at radius 3 is 2.77 bits per heavy atom. The van der Waals surface area contributed by atoms with Crippen LogP contribution in [0.5, 0.6) is 11.5 Å². The number of ketones is 1. The molecule has 9 heteroatoms. The predicted octanol–water partition coefficient (Wildman–Crippen LogP) is 4.90. The van der Waals surface area contributed by atoms with Gasteiger partial charge in [0, 0.05) is 28.7 Å². The highest BCUT2D eigenvalue weighted by Crippen LogP contribution is 2.55. The summed E-state index contributed by atoms with van der Waals surface area (Å²) in [4.78, 5) is 22.6. The van der Waals surface area contributed by atoms with Crippen LogP contribution in [0.2, 0.25) is 0 Å². The number of phenolic OH excluding ortho intramolecular Hbond substituents is 1. The van der Waals surface area contributed by atoms with Gasteiger partial charge < -0.3 is 24.8 Å². The first-order chi connectivity index (χ1) is 16.7. The topological polar surface area (TPSA) is 113 Å². The van der Waals surface area contributed by atoms with Crippen LogP contribution in [0.3, 0.4) is 0 Å². The number of phenols is 1. The van der Waals surface area contributed by atoms with Gasteiger partial charge in [0.2, 0.25) is 0 Å². The number of rotatable bonds is 13. The van der Waals surface area contributed by atoms with Crippen LogP contribution in [0.4, 0.5) is 0 Å². The van der Waals surface area contributed by atoms with Crippen molar-refractivity contribution in [3.8, 4) is 11.5 Å². The Bertz CT molecular complexity index is 893. The minimum atomic E-state index is -0.739. The fourth-order valence-corrected chi connectivity index (χ4v) is 8.22. The zero-order valence-electron chi connectivity index (χ0n) is 20.8. The molecule has 1 aliphatic heterocycles. The van der Waals surface area contributed by atoms with Crippen LogP contribution in [-0.2, 0) is 16.0 Å². The highest BCUT2D eigenvalue weighted by Gasteiger charge is 2.50. The van der Waals surface area contributed by atoms with E-state index in [1.165, 1.54) is 6.92 Å². The molecule has 196 valence electrons. The minimum absolute atomic E-state index is 0.0315. The first-order valence-corrected chi connectivity index (χ1v) is 14.5. The summed E-state index contributed by atoms with van der Waals surface area (Å²) in [6.07, 6.45) is 4.57. The summed E-state index contributed by atoms with van der Waals surface area (Å²) in [6, 6.07) is 3.26. The van der Waals surface area contributed by atoms with Gasteiger partial charge >= 0.3 is 5.97 Å². The number of aliphatic carboxylic acids is 1. The van der Waals surface area contributed by atoms with Gasteiger partial charge in [0.05, 0.1) is 17.8 Å². The number of carbonyl (C=O) groups is 2. The number of carboxylic acids is 1. The van der Waals surface area contributed by atoms with Crippen molar-refractivity contribution >= 4 is 35.3 Å². The fraction of sp³-hybridized carbons (Fsp3) is 0.692. The first-order valence-electron chi connectivity index (χ1n) is 12.5. The van der Waals surface area contributed by atoms with Gasteiger partial charge in [0.1, 0.15) is 23.0 Å². The molecule has 0 aromatic heterocycles. The van der Waals surface area contributed by atoms with Crippen LogP contribution in [0, 0.1) is 5.92 Å². The van der Waals surface area contributed by atoms with Crippen molar-refractivity contribution in [3.63, 3.8) is 0 Å². The van der Waals surface area contributed by atoms with Gasteiger partial charge in [0.15, 0.2) is 5.78 Å². The molecular formula is C26H38O7S2. The molecule has 1 spiro atoms. The number of hydrogen-bond donors (Lipinski definition) is 3. The second kappa shape index (κ2) is 12.7. The van der Waals surface area contributed by atoms with E-state index in [4.69, 9.17) is 14.6 Å². The highest BCUT2D eigenvalue weighted by molar-refractivity contribution is 8.04. The second-order valence-corrected chi connectivity index (χ2v) is 12.2. The molecule has 2 fully saturated rings. The molecule has 1 heterocycles.